The lowest BCUT2D eigenvalue weighted by molar-refractivity contribution is -0.0265. The highest BCUT2D eigenvalue weighted by molar-refractivity contribution is 5.33. The first-order chi connectivity index (χ1) is 11.2. The van der Waals surface area contributed by atoms with Crippen molar-refractivity contribution in [2.24, 2.45) is 5.41 Å². The highest BCUT2D eigenvalue weighted by Gasteiger charge is 2.48. The third kappa shape index (κ3) is 2.85. The smallest absolute Gasteiger partial charge is 0.0354 e. The molecule has 1 spiro atoms. The Bertz CT molecular complexity index is 537. The van der Waals surface area contributed by atoms with Crippen molar-refractivity contribution < 1.29 is 0 Å². The summed E-state index contributed by atoms with van der Waals surface area (Å²) in [6.07, 6.45) is 8.45. The minimum atomic E-state index is 0.630. The summed E-state index contributed by atoms with van der Waals surface area (Å²) < 4.78 is 0. The molecule has 0 radical (unpaired) electrons. The third-order valence-corrected chi connectivity index (χ3v) is 6.74. The van der Waals surface area contributed by atoms with Crippen LogP contribution in [0.1, 0.15) is 75.5 Å². The maximum absolute atomic E-state index is 3.53. The van der Waals surface area contributed by atoms with Crippen molar-refractivity contribution in [1.29, 1.82) is 0 Å². The second-order valence-electron chi connectivity index (χ2n) is 8.49. The first kappa shape index (κ1) is 15.7. The Morgan fingerprint density at radius 2 is 1.87 bits per heavy atom. The van der Waals surface area contributed by atoms with Gasteiger partial charge in [0.05, 0.1) is 0 Å². The largest absolute Gasteiger partial charge is 0.317 e. The average molecular weight is 313 g/mol. The van der Waals surface area contributed by atoms with Gasteiger partial charge in [-0.15, -0.1) is 0 Å². The molecule has 4 rings (SSSR count). The second kappa shape index (κ2) is 6.22. The van der Waals surface area contributed by atoms with Crippen molar-refractivity contribution in [3.63, 3.8) is 0 Å². The molecule has 23 heavy (non-hydrogen) atoms. The van der Waals surface area contributed by atoms with E-state index in [-0.39, 0.29) is 0 Å². The van der Waals surface area contributed by atoms with Crippen LogP contribution in [0.3, 0.4) is 0 Å². The van der Waals surface area contributed by atoms with Crippen LogP contribution in [0, 0.1) is 5.41 Å². The number of benzene rings is 1. The number of hydrogen-bond donors (Lipinski definition) is 1. The van der Waals surface area contributed by atoms with Gasteiger partial charge >= 0.3 is 0 Å². The van der Waals surface area contributed by atoms with Gasteiger partial charge in [-0.25, -0.2) is 0 Å². The van der Waals surface area contributed by atoms with Crippen LogP contribution in [0.4, 0.5) is 0 Å². The van der Waals surface area contributed by atoms with Gasteiger partial charge in [0.15, 0.2) is 0 Å². The Hall–Kier alpha value is -0.860. The molecule has 3 aliphatic rings. The predicted molar refractivity (Wildman–Crippen MR) is 96.8 cm³/mol. The molecule has 1 aliphatic carbocycles. The molecule has 2 saturated heterocycles. The summed E-state index contributed by atoms with van der Waals surface area (Å²) in [6, 6.07) is 10.7. The summed E-state index contributed by atoms with van der Waals surface area (Å²) in [4.78, 5) is 2.87. The zero-order valence-electron chi connectivity index (χ0n) is 14.9. The van der Waals surface area contributed by atoms with Gasteiger partial charge in [0.2, 0.25) is 0 Å². The highest BCUT2D eigenvalue weighted by Crippen LogP contribution is 2.53. The van der Waals surface area contributed by atoms with Crippen LogP contribution >= 0.6 is 0 Å². The molecule has 0 unspecified atom stereocenters. The summed E-state index contributed by atoms with van der Waals surface area (Å²) in [5.74, 6) is 0.630. The molecule has 1 N–H and O–H groups in total. The van der Waals surface area contributed by atoms with Crippen LogP contribution in [0.5, 0.6) is 0 Å². The molecule has 0 bridgehead atoms. The van der Waals surface area contributed by atoms with Crippen LogP contribution in [-0.2, 0) is 0 Å². The van der Waals surface area contributed by atoms with Gasteiger partial charge < -0.3 is 5.32 Å². The topological polar surface area (TPSA) is 15.3 Å². The molecule has 2 heteroatoms. The molecule has 2 heterocycles. The molecular formula is C21H32N2. The zero-order chi connectivity index (χ0) is 15.9. The monoisotopic (exact) mass is 312 g/mol. The van der Waals surface area contributed by atoms with E-state index >= 15 is 0 Å². The highest BCUT2D eigenvalue weighted by atomic mass is 15.2. The third-order valence-electron chi connectivity index (χ3n) is 6.74. The lowest BCUT2D eigenvalue weighted by atomic mass is 9.60. The molecule has 1 aromatic carbocycles. The van der Waals surface area contributed by atoms with Crippen molar-refractivity contribution in [2.45, 2.75) is 70.4 Å². The van der Waals surface area contributed by atoms with Gasteiger partial charge in [-0.1, -0.05) is 38.1 Å². The molecule has 1 atom stereocenters. The fraction of sp³-hybridized carbons (Fsp3) is 0.714. The average Bonchev–Trinajstić information content (AvgIpc) is 3.02. The number of nitrogens with one attached hydrogen (secondary N) is 1. The van der Waals surface area contributed by atoms with E-state index in [0.717, 1.165) is 6.04 Å². The summed E-state index contributed by atoms with van der Waals surface area (Å²) in [6.45, 7) is 8.48. The van der Waals surface area contributed by atoms with Gasteiger partial charge in [-0.3, -0.25) is 4.90 Å². The Morgan fingerprint density at radius 3 is 2.61 bits per heavy atom. The van der Waals surface area contributed by atoms with Crippen LogP contribution in [0.15, 0.2) is 24.3 Å². The Kier molecular flexibility index (Phi) is 4.23. The van der Waals surface area contributed by atoms with Crippen LogP contribution in [-0.4, -0.2) is 30.6 Å². The van der Waals surface area contributed by atoms with Gasteiger partial charge in [-0.2, -0.15) is 0 Å². The van der Waals surface area contributed by atoms with E-state index in [2.05, 4.69) is 48.3 Å². The van der Waals surface area contributed by atoms with Gasteiger partial charge in [-0.05, 0) is 80.6 Å². The lowest BCUT2D eigenvalue weighted by Crippen LogP contribution is -2.54. The molecule has 3 fully saturated rings. The Morgan fingerprint density at radius 1 is 1.13 bits per heavy atom. The molecule has 2 nitrogen and oxygen atoms in total. The summed E-state index contributed by atoms with van der Waals surface area (Å²) in [5, 5.41) is 3.53. The van der Waals surface area contributed by atoms with E-state index < -0.39 is 0 Å². The van der Waals surface area contributed by atoms with E-state index in [0.29, 0.717) is 17.4 Å². The standard InChI is InChI=1S/C21H32N2/c1-16(2)18-6-3-4-7-19(18)20-8-5-13-23(20)17-14-21(15-17)9-11-22-12-10-21/h3-4,6-7,16-17,20,22H,5,8-15H2,1-2H3/t20-/m0/s1. The maximum Gasteiger partial charge on any atom is 0.0354 e. The fourth-order valence-corrected chi connectivity index (χ4v) is 5.44. The first-order valence-electron chi connectivity index (χ1n) is 9.74. The van der Waals surface area contributed by atoms with E-state index in [1.54, 1.807) is 11.1 Å². The Balaban J connectivity index is 1.50. The van der Waals surface area contributed by atoms with Crippen molar-refractivity contribution >= 4 is 0 Å². The zero-order valence-corrected chi connectivity index (χ0v) is 14.9. The SMILES string of the molecule is CC(C)c1ccccc1[C@@H]1CCCN1C1CC2(CCNCC2)C1. The number of likely N-dealkylation sites (tertiary alicyclic amines) is 1. The molecule has 1 aromatic rings. The summed E-state index contributed by atoms with van der Waals surface area (Å²) >= 11 is 0. The minimum Gasteiger partial charge on any atom is -0.317 e. The van der Waals surface area contributed by atoms with Gasteiger partial charge in [0.25, 0.3) is 0 Å². The summed E-state index contributed by atoms with van der Waals surface area (Å²) in [7, 11) is 0. The molecule has 126 valence electrons. The van der Waals surface area contributed by atoms with Crippen LogP contribution in [0.25, 0.3) is 0 Å². The summed E-state index contributed by atoms with van der Waals surface area (Å²) in [5.41, 5.74) is 3.88. The second-order valence-corrected chi connectivity index (χ2v) is 8.49. The van der Waals surface area contributed by atoms with Crippen LogP contribution < -0.4 is 5.32 Å². The fourth-order valence-electron chi connectivity index (χ4n) is 5.44. The number of rotatable bonds is 3. The molecule has 0 amide bonds. The number of nitrogens with zero attached hydrogens (tertiary/aromatic N) is 1. The Labute approximate surface area is 141 Å². The van der Waals surface area contributed by atoms with E-state index in [4.69, 9.17) is 0 Å². The number of hydrogen-bond acceptors (Lipinski definition) is 2. The van der Waals surface area contributed by atoms with Crippen molar-refractivity contribution in [1.82, 2.24) is 10.2 Å². The molecule has 2 aliphatic heterocycles. The maximum atomic E-state index is 3.53. The van der Waals surface area contributed by atoms with Gasteiger partial charge in [0, 0.05) is 12.1 Å². The quantitative estimate of drug-likeness (QED) is 0.885. The molecule has 0 aromatic heterocycles. The molecular weight excluding hydrogens is 280 g/mol. The lowest BCUT2D eigenvalue weighted by Gasteiger charge is -2.54. The number of piperidine rings is 1. The van der Waals surface area contributed by atoms with E-state index in [1.165, 1.54) is 58.2 Å². The van der Waals surface area contributed by atoms with Crippen LogP contribution in [0.2, 0.25) is 0 Å². The van der Waals surface area contributed by atoms with E-state index in [1.807, 2.05) is 0 Å². The normalized spacial score (nSPS) is 28.4. The molecule has 1 saturated carbocycles. The van der Waals surface area contributed by atoms with Crippen molar-refractivity contribution in [2.75, 3.05) is 19.6 Å². The minimum absolute atomic E-state index is 0.630. The first-order valence-corrected chi connectivity index (χ1v) is 9.74. The predicted octanol–water partition coefficient (Wildman–Crippen LogP) is 4.48. The van der Waals surface area contributed by atoms with Crippen molar-refractivity contribution in [3.8, 4) is 0 Å². The van der Waals surface area contributed by atoms with Gasteiger partial charge in [0.1, 0.15) is 0 Å². The van der Waals surface area contributed by atoms with E-state index in [9.17, 15) is 0 Å². The van der Waals surface area contributed by atoms with Crippen molar-refractivity contribution in [3.05, 3.63) is 35.4 Å².